The Morgan fingerprint density at radius 2 is 1.10 bits per heavy atom. The standard InChI is InChI=1S/C14H11NO4.C7H5NO4/c16-13(17)11-6-12(8-15-7-11)14(18)19-9-10-4-2-1-3-5-10;9-6(10)4-1-5(7(11)12)3-8-2-4/h1-8H,9H2,(H,16,17);1-3H,(H,9,10)(H,11,12). The predicted molar refractivity (Wildman–Crippen MR) is 105 cm³/mol. The summed E-state index contributed by atoms with van der Waals surface area (Å²) in [5.74, 6) is -4.11. The summed E-state index contributed by atoms with van der Waals surface area (Å²) in [4.78, 5) is 50.4. The Labute approximate surface area is 175 Å². The van der Waals surface area contributed by atoms with Gasteiger partial charge in [0.1, 0.15) is 6.61 Å². The van der Waals surface area contributed by atoms with Crippen LogP contribution in [0.3, 0.4) is 0 Å². The van der Waals surface area contributed by atoms with Crippen LogP contribution in [0.2, 0.25) is 0 Å². The molecule has 3 N–H and O–H groups in total. The SMILES string of the molecule is O=C(O)c1cncc(C(=O)O)c1.O=C(O)c1cncc(C(=O)OCc2ccccc2)c1. The molecular weight excluding hydrogens is 408 g/mol. The van der Waals surface area contributed by atoms with Crippen LogP contribution in [0, 0.1) is 0 Å². The summed E-state index contributed by atoms with van der Waals surface area (Å²) >= 11 is 0. The number of benzene rings is 1. The van der Waals surface area contributed by atoms with Gasteiger partial charge in [-0.25, -0.2) is 19.2 Å². The first-order valence-electron chi connectivity index (χ1n) is 8.59. The minimum Gasteiger partial charge on any atom is -0.478 e. The summed E-state index contributed by atoms with van der Waals surface area (Å²) < 4.78 is 5.08. The van der Waals surface area contributed by atoms with Crippen LogP contribution < -0.4 is 0 Å². The highest BCUT2D eigenvalue weighted by atomic mass is 16.5. The normalized spacial score (nSPS) is 9.68. The van der Waals surface area contributed by atoms with E-state index < -0.39 is 23.9 Å². The number of aromatic carboxylic acids is 3. The number of nitrogens with zero attached hydrogens (tertiary/aromatic N) is 2. The van der Waals surface area contributed by atoms with Gasteiger partial charge >= 0.3 is 23.9 Å². The maximum Gasteiger partial charge on any atom is 0.340 e. The van der Waals surface area contributed by atoms with E-state index in [9.17, 15) is 19.2 Å². The van der Waals surface area contributed by atoms with Gasteiger partial charge in [0, 0.05) is 24.8 Å². The molecule has 10 heteroatoms. The molecule has 31 heavy (non-hydrogen) atoms. The van der Waals surface area contributed by atoms with E-state index in [1.165, 1.54) is 18.5 Å². The molecule has 0 aliphatic heterocycles. The van der Waals surface area contributed by atoms with Crippen LogP contribution in [-0.4, -0.2) is 49.2 Å². The number of rotatable bonds is 6. The van der Waals surface area contributed by atoms with Gasteiger partial charge in [-0.05, 0) is 17.7 Å². The van der Waals surface area contributed by atoms with Gasteiger partial charge in [0.25, 0.3) is 0 Å². The van der Waals surface area contributed by atoms with Crippen molar-refractivity contribution in [3.05, 3.63) is 95.1 Å². The van der Waals surface area contributed by atoms with E-state index in [4.69, 9.17) is 20.1 Å². The first-order chi connectivity index (χ1) is 14.8. The molecule has 10 nitrogen and oxygen atoms in total. The molecule has 0 fully saturated rings. The summed E-state index contributed by atoms with van der Waals surface area (Å²) in [6.07, 6.45) is 4.64. The van der Waals surface area contributed by atoms with Crippen LogP contribution in [0.1, 0.15) is 47.0 Å². The topological polar surface area (TPSA) is 164 Å². The molecule has 0 spiro atoms. The Balaban J connectivity index is 0.000000245. The van der Waals surface area contributed by atoms with E-state index >= 15 is 0 Å². The second kappa shape index (κ2) is 10.8. The van der Waals surface area contributed by atoms with E-state index in [-0.39, 0.29) is 28.9 Å². The zero-order valence-electron chi connectivity index (χ0n) is 15.8. The fourth-order valence-corrected chi connectivity index (χ4v) is 2.15. The lowest BCUT2D eigenvalue weighted by molar-refractivity contribution is 0.0471. The third-order valence-corrected chi connectivity index (χ3v) is 3.67. The number of carbonyl (C=O) groups is 4. The smallest absolute Gasteiger partial charge is 0.340 e. The molecule has 0 amide bonds. The zero-order valence-corrected chi connectivity index (χ0v) is 15.8. The minimum absolute atomic E-state index is 0.0471. The lowest BCUT2D eigenvalue weighted by Gasteiger charge is -2.05. The number of carboxylic acid groups (broad SMARTS) is 3. The van der Waals surface area contributed by atoms with E-state index in [0.29, 0.717) is 0 Å². The fourth-order valence-electron chi connectivity index (χ4n) is 2.15. The Hall–Kier alpha value is -4.60. The highest BCUT2D eigenvalue weighted by Gasteiger charge is 2.11. The molecule has 0 saturated carbocycles. The third kappa shape index (κ3) is 7.06. The van der Waals surface area contributed by atoms with Gasteiger partial charge in [-0.15, -0.1) is 0 Å². The van der Waals surface area contributed by atoms with Crippen molar-refractivity contribution in [2.75, 3.05) is 0 Å². The summed E-state index contributed by atoms with van der Waals surface area (Å²) in [5, 5.41) is 25.7. The second-order valence-electron chi connectivity index (χ2n) is 5.90. The van der Waals surface area contributed by atoms with E-state index in [0.717, 1.165) is 24.0 Å². The number of esters is 1. The highest BCUT2D eigenvalue weighted by molar-refractivity contribution is 5.94. The van der Waals surface area contributed by atoms with E-state index in [1.807, 2.05) is 30.3 Å². The molecule has 3 rings (SSSR count). The number of hydrogen-bond acceptors (Lipinski definition) is 7. The Morgan fingerprint density at radius 3 is 1.55 bits per heavy atom. The molecule has 2 aromatic heterocycles. The number of aromatic nitrogens is 2. The van der Waals surface area contributed by atoms with Crippen molar-refractivity contribution in [1.29, 1.82) is 0 Å². The van der Waals surface area contributed by atoms with Gasteiger partial charge in [0.05, 0.1) is 22.3 Å². The molecule has 0 atom stereocenters. The first-order valence-corrected chi connectivity index (χ1v) is 8.59. The molecule has 0 aliphatic carbocycles. The molecule has 158 valence electrons. The van der Waals surface area contributed by atoms with Crippen LogP contribution in [0.5, 0.6) is 0 Å². The molecule has 0 radical (unpaired) electrons. The summed E-state index contributed by atoms with van der Waals surface area (Å²) in [6.45, 7) is 0.136. The van der Waals surface area contributed by atoms with Crippen LogP contribution >= 0.6 is 0 Å². The van der Waals surface area contributed by atoms with Crippen molar-refractivity contribution in [2.45, 2.75) is 6.61 Å². The lowest BCUT2D eigenvalue weighted by atomic mass is 10.2. The Bertz CT molecular complexity index is 1070. The Morgan fingerprint density at radius 1 is 0.677 bits per heavy atom. The predicted octanol–water partition coefficient (Wildman–Crippen LogP) is 2.61. The monoisotopic (exact) mass is 424 g/mol. The summed E-state index contributed by atoms with van der Waals surface area (Å²) in [7, 11) is 0. The number of carboxylic acids is 3. The molecule has 2 heterocycles. The number of hydrogen-bond donors (Lipinski definition) is 3. The number of carbonyl (C=O) groups excluding carboxylic acids is 1. The van der Waals surface area contributed by atoms with Crippen molar-refractivity contribution in [1.82, 2.24) is 9.97 Å². The van der Waals surface area contributed by atoms with Crippen molar-refractivity contribution < 1.29 is 39.2 Å². The molecule has 0 unspecified atom stereocenters. The Kier molecular flexibility index (Phi) is 7.91. The largest absolute Gasteiger partial charge is 0.478 e. The molecule has 0 aliphatic rings. The van der Waals surface area contributed by atoms with Crippen LogP contribution in [-0.2, 0) is 11.3 Å². The lowest BCUT2D eigenvalue weighted by Crippen LogP contribution is -2.08. The maximum absolute atomic E-state index is 11.7. The van der Waals surface area contributed by atoms with Crippen molar-refractivity contribution >= 4 is 23.9 Å². The van der Waals surface area contributed by atoms with Gasteiger partial charge in [0.2, 0.25) is 0 Å². The van der Waals surface area contributed by atoms with Gasteiger partial charge < -0.3 is 20.1 Å². The molecule has 1 aromatic carbocycles. The van der Waals surface area contributed by atoms with Gasteiger partial charge in [0.15, 0.2) is 0 Å². The van der Waals surface area contributed by atoms with Gasteiger partial charge in [-0.2, -0.15) is 0 Å². The van der Waals surface area contributed by atoms with Crippen molar-refractivity contribution in [3.8, 4) is 0 Å². The first kappa shape index (κ1) is 22.7. The fraction of sp³-hybridized carbons (Fsp3) is 0.0476. The minimum atomic E-state index is -1.19. The third-order valence-electron chi connectivity index (χ3n) is 3.67. The molecular formula is C21H16N2O8. The van der Waals surface area contributed by atoms with Crippen LogP contribution in [0.25, 0.3) is 0 Å². The van der Waals surface area contributed by atoms with E-state index in [1.54, 1.807) is 0 Å². The maximum atomic E-state index is 11.7. The average molecular weight is 424 g/mol. The molecule has 3 aromatic rings. The van der Waals surface area contributed by atoms with Crippen LogP contribution in [0.4, 0.5) is 0 Å². The second-order valence-corrected chi connectivity index (χ2v) is 5.90. The quantitative estimate of drug-likeness (QED) is 0.501. The summed E-state index contributed by atoms with van der Waals surface area (Å²) in [6, 6.07) is 11.5. The molecule has 0 bridgehead atoms. The van der Waals surface area contributed by atoms with Gasteiger partial charge in [-0.1, -0.05) is 30.3 Å². The van der Waals surface area contributed by atoms with Crippen molar-refractivity contribution in [2.24, 2.45) is 0 Å². The summed E-state index contributed by atoms with van der Waals surface area (Å²) in [5.41, 5.74) is 0.674. The number of pyridine rings is 2. The van der Waals surface area contributed by atoms with Crippen molar-refractivity contribution in [3.63, 3.8) is 0 Å². The van der Waals surface area contributed by atoms with Gasteiger partial charge in [-0.3, -0.25) is 9.97 Å². The zero-order chi connectivity index (χ0) is 22.8. The molecule has 0 saturated heterocycles. The highest BCUT2D eigenvalue weighted by Crippen LogP contribution is 2.07. The number of ether oxygens (including phenoxy) is 1. The van der Waals surface area contributed by atoms with Crippen LogP contribution in [0.15, 0.2) is 67.3 Å². The average Bonchev–Trinajstić information content (AvgIpc) is 2.78. The van der Waals surface area contributed by atoms with E-state index in [2.05, 4.69) is 9.97 Å².